The summed E-state index contributed by atoms with van der Waals surface area (Å²) in [6.45, 7) is 0. The number of halogens is 1. The fourth-order valence-corrected chi connectivity index (χ4v) is 1.07. The van der Waals surface area contributed by atoms with E-state index in [0.717, 1.165) is 0 Å². The highest BCUT2D eigenvalue weighted by Crippen LogP contribution is 2.24. The summed E-state index contributed by atoms with van der Waals surface area (Å²) < 4.78 is -1.48. The Morgan fingerprint density at radius 2 is 1.92 bits per heavy atom. The minimum absolute atomic E-state index is 0.525. The smallest absolute Gasteiger partial charge is 0.339 e. The van der Waals surface area contributed by atoms with Gasteiger partial charge in [0, 0.05) is 0 Å². The molecule has 12 heavy (non-hydrogen) atoms. The van der Waals surface area contributed by atoms with Crippen LogP contribution < -0.4 is 5.73 Å². The molecule has 64 valence electrons. The number of rotatable bonds is 2. The number of aliphatic carboxylic acids is 1. The van der Waals surface area contributed by atoms with E-state index in [1.807, 2.05) is 0 Å². The molecule has 0 aliphatic heterocycles. The summed E-state index contributed by atoms with van der Waals surface area (Å²) in [5.41, 5.74) is 6.02. The molecule has 1 aromatic rings. The van der Waals surface area contributed by atoms with E-state index in [9.17, 15) is 4.79 Å². The average molecular weight is 230 g/mol. The number of carboxylic acid groups (broad SMARTS) is 1. The molecule has 0 aliphatic rings. The Bertz CT molecular complexity index is 284. The maximum absolute atomic E-state index is 10.6. The Hall–Kier alpha value is -0.870. The van der Waals surface area contributed by atoms with Crippen molar-refractivity contribution in [1.29, 1.82) is 0 Å². The van der Waals surface area contributed by atoms with Crippen molar-refractivity contribution in [2.75, 3.05) is 0 Å². The van der Waals surface area contributed by atoms with Gasteiger partial charge >= 0.3 is 5.97 Å². The molecule has 0 spiro atoms. The minimum atomic E-state index is -1.48. The van der Waals surface area contributed by atoms with Crippen LogP contribution in [0, 0.1) is 0 Å². The molecule has 4 heteroatoms. The molecule has 3 nitrogen and oxygen atoms in total. The van der Waals surface area contributed by atoms with Crippen LogP contribution in [0.1, 0.15) is 5.56 Å². The van der Waals surface area contributed by atoms with Crippen LogP contribution in [0.3, 0.4) is 0 Å². The van der Waals surface area contributed by atoms with Gasteiger partial charge in [0.25, 0.3) is 0 Å². The number of nitrogens with two attached hydrogens (primary N) is 1. The first-order valence-corrected chi connectivity index (χ1v) is 4.11. The van der Waals surface area contributed by atoms with Gasteiger partial charge in [0.1, 0.15) is 0 Å². The Morgan fingerprint density at radius 3 is 2.33 bits per heavy atom. The van der Waals surface area contributed by atoms with E-state index in [-0.39, 0.29) is 0 Å². The summed E-state index contributed by atoms with van der Waals surface area (Å²) >= 11 is 2.93. The predicted octanol–water partition coefficient (Wildman–Crippen LogP) is 1.28. The van der Waals surface area contributed by atoms with Crippen molar-refractivity contribution in [2.24, 2.45) is 5.73 Å². The third-order valence-corrected chi connectivity index (χ3v) is 2.30. The first-order chi connectivity index (χ1) is 5.55. The van der Waals surface area contributed by atoms with Gasteiger partial charge < -0.3 is 10.8 Å². The zero-order valence-electron chi connectivity index (χ0n) is 6.20. The molecule has 0 saturated heterocycles. The molecule has 3 N–H and O–H groups in total. The fourth-order valence-electron chi connectivity index (χ4n) is 0.804. The van der Waals surface area contributed by atoms with E-state index >= 15 is 0 Å². The first kappa shape index (κ1) is 9.22. The van der Waals surface area contributed by atoms with Gasteiger partial charge in [-0.1, -0.05) is 46.3 Å². The van der Waals surface area contributed by atoms with Gasteiger partial charge in [0.2, 0.25) is 0 Å². The molecule has 0 bridgehead atoms. The van der Waals surface area contributed by atoms with Crippen molar-refractivity contribution in [1.82, 2.24) is 0 Å². The Labute approximate surface area is 78.3 Å². The Morgan fingerprint density at radius 1 is 1.42 bits per heavy atom. The highest BCUT2D eigenvalue weighted by atomic mass is 79.9. The highest BCUT2D eigenvalue weighted by molar-refractivity contribution is 9.10. The maximum atomic E-state index is 10.6. The van der Waals surface area contributed by atoms with Gasteiger partial charge in [-0.25, -0.2) is 4.79 Å². The molecule has 0 heterocycles. The molecule has 0 radical (unpaired) electrons. The van der Waals surface area contributed by atoms with Crippen LogP contribution in [0.4, 0.5) is 0 Å². The molecule has 0 amide bonds. The number of carboxylic acids is 1. The SMILES string of the molecule is NC(Br)(C(=O)O)c1ccccc1. The molecule has 0 aliphatic carbocycles. The van der Waals surface area contributed by atoms with Crippen LogP contribution >= 0.6 is 15.9 Å². The Kier molecular flexibility index (Phi) is 2.49. The van der Waals surface area contributed by atoms with Gasteiger partial charge in [0.15, 0.2) is 4.45 Å². The lowest BCUT2D eigenvalue weighted by molar-refractivity contribution is -0.139. The lowest BCUT2D eigenvalue weighted by atomic mass is 10.1. The second-order valence-electron chi connectivity index (χ2n) is 2.38. The number of benzene rings is 1. The third-order valence-electron chi connectivity index (χ3n) is 1.51. The summed E-state index contributed by atoms with van der Waals surface area (Å²) in [7, 11) is 0. The van der Waals surface area contributed by atoms with Gasteiger partial charge in [-0.05, 0) is 5.56 Å². The third kappa shape index (κ3) is 1.65. The second-order valence-corrected chi connectivity index (χ2v) is 3.63. The predicted molar refractivity (Wildman–Crippen MR) is 48.9 cm³/mol. The summed E-state index contributed by atoms with van der Waals surface area (Å²) in [4.78, 5) is 10.6. The van der Waals surface area contributed by atoms with E-state index in [1.54, 1.807) is 30.3 Å². The van der Waals surface area contributed by atoms with Gasteiger partial charge in [-0.15, -0.1) is 0 Å². The van der Waals surface area contributed by atoms with Crippen LogP contribution in [0.5, 0.6) is 0 Å². The van der Waals surface area contributed by atoms with Crippen molar-refractivity contribution in [3.63, 3.8) is 0 Å². The van der Waals surface area contributed by atoms with Gasteiger partial charge in [-0.3, -0.25) is 0 Å². The summed E-state index contributed by atoms with van der Waals surface area (Å²) in [5, 5.41) is 8.72. The standard InChI is InChI=1S/C8H8BrNO2/c9-8(10,7(11)12)6-4-2-1-3-5-6/h1-5H,10H2,(H,11,12). The van der Waals surface area contributed by atoms with E-state index in [1.165, 1.54) is 0 Å². The Balaban J connectivity index is 3.06. The molecule has 0 aromatic heterocycles. The summed E-state index contributed by atoms with van der Waals surface area (Å²) in [6, 6.07) is 8.59. The van der Waals surface area contributed by atoms with Crippen molar-refractivity contribution < 1.29 is 9.90 Å². The summed E-state index contributed by atoms with van der Waals surface area (Å²) in [6.07, 6.45) is 0. The average Bonchev–Trinajstić information content (AvgIpc) is 2.06. The van der Waals surface area contributed by atoms with Crippen LogP contribution in [-0.2, 0) is 9.24 Å². The van der Waals surface area contributed by atoms with Crippen molar-refractivity contribution >= 4 is 21.9 Å². The van der Waals surface area contributed by atoms with E-state index in [2.05, 4.69) is 15.9 Å². The summed E-state index contributed by atoms with van der Waals surface area (Å²) in [5.74, 6) is -1.10. The minimum Gasteiger partial charge on any atom is -0.479 e. The molecule has 1 aromatic carbocycles. The molecule has 0 saturated carbocycles. The lowest BCUT2D eigenvalue weighted by Crippen LogP contribution is -2.38. The molecule has 0 fully saturated rings. The van der Waals surface area contributed by atoms with Crippen molar-refractivity contribution in [3.05, 3.63) is 35.9 Å². The molecular weight excluding hydrogens is 222 g/mol. The highest BCUT2D eigenvalue weighted by Gasteiger charge is 2.32. The van der Waals surface area contributed by atoms with Crippen LogP contribution in [0.2, 0.25) is 0 Å². The van der Waals surface area contributed by atoms with E-state index in [0.29, 0.717) is 5.56 Å². The van der Waals surface area contributed by atoms with Gasteiger partial charge in [-0.2, -0.15) is 0 Å². The molecule has 1 unspecified atom stereocenters. The van der Waals surface area contributed by atoms with E-state index < -0.39 is 10.4 Å². The first-order valence-electron chi connectivity index (χ1n) is 3.32. The second kappa shape index (κ2) is 3.25. The number of hydrogen-bond donors (Lipinski definition) is 2. The number of alkyl halides is 1. The van der Waals surface area contributed by atoms with Crippen LogP contribution in [0.25, 0.3) is 0 Å². The zero-order valence-corrected chi connectivity index (χ0v) is 7.78. The largest absolute Gasteiger partial charge is 0.479 e. The number of carbonyl (C=O) groups is 1. The lowest BCUT2D eigenvalue weighted by Gasteiger charge is -2.16. The number of hydrogen-bond acceptors (Lipinski definition) is 2. The topological polar surface area (TPSA) is 63.3 Å². The van der Waals surface area contributed by atoms with Crippen molar-refractivity contribution in [2.45, 2.75) is 4.45 Å². The fraction of sp³-hybridized carbons (Fsp3) is 0.125. The molecule has 1 atom stereocenters. The molecule has 1 rings (SSSR count). The molecular formula is C8H8BrNO2. The normalized spacial score (nSPS) is 15.2. The monoisotopic (exact) mass is 229 g/mol. The maximum Gasteiger partial charge on any atom is 0.339 e. The van der Waals surface area contributed by atoms with Crippen LogP contribution in [-0.4, -0.2) is 11.1 Å². The van der Waals surface area contributed by atoms with E-state index in [4.69, 9.17) is 10.8 Å². The van der Waals surface area contributed by atoms with Gasteiger partial charge in [0.05, 0.1) is 0 Å². The zero-order chi connectivity index (χ0) is 9.19. The van der Waals surface area contributed by atoms with Crippen molar-refractivity contribution in [3.8, 4) is 0 Å². The quantitative estimate of drug-likeness (QED) is 0.594. The van der Waals surface area contributed by atoms with Crippen LogP contribution in [0.15, 0.2) is 30.3 Å².